The molecule has 2 aromatic carbocycles. The Bertz CT molecular complexity index is 1330. The molecule has 3 aromatic rings. The lowest BCUT2D eigenvalue weighted by molar-refractivity contribution is -0.644. The predicted octanol–water partition coefficient (Wildman–Crippen LogP) is 7.13. The maximum absolute atomic E-state index is 3.33. The number of hydrogen-bond acceptors (Lipinski definition) is 1. The molecular weight excluding hydrogens is 388 g/mol. The molecule has 0 unspecified atom stereocenters. The summed E-state index contributed by atoms with van der Waals surface area (Å²) in [7, 11) is 2.10. The maximum Gasteiger partial charge on any atom is 0.212 e. The van der Waals surface area contributed by atoms with Crippen molar-refractivity contribution >= 4 is 28.2 Å². The molecule has 1 N–H and O–H groups in total. The second-order valence-electron chi connectivity index (χ2n) is 8.57. The number of rotatable bonds is 3. The van der Waals surface area contributed by atoms with Gasteiger partial charge in [0.2, 0.25) is 5.52 Å². The first-order valence-electron chi connectivity index (χ1n) is 11.4. The van der Waals surface area contributed by atoms with Gasteiger partial charge in [-0.15, -0.1) is 0 Å². The standard InChI is InChI=1S/C30H28N2/c1-22-23(14-16-25-18-20-31-29-12-5-3-10-27(25)29)8-7-9-24(22)15-17-26-19-21-32(2)30-13-6-4-11-28(26)30/h3-6,10-21H,7-9H2,1-2H3/p+1. The zero-order chi connectivity index (χ0) is 21.9. The van der Waals surface area contributed by atoms with Gasteiger partial charge in [-0.1, -0.05) is 54.6 Å². The molecule has 1 aliphatic carbocycles. The fourth-order valence-corrected chi connectivity index (χ4v) is 4.70. The van der Waals surface area contributed by atoms with Crippen LogP contribution in [0.2, 0.25) is 0 Å². The number of para-hydroxylation sites is 2. The Kier molecular flexibility index (Phi) is 5.60. The third-order valence-corrected chi connectivity index (χ3v) is 6.60. The lowest BCUT2D eigenvalue weighted by Crippen LogP contribution is -2.28. The molecule has 1 aliphatic heterocycles. The van der Waals surface area contributed by atoms with Crippen molar-refractivity contribution in [2.75, 3.05) is 5.32 Å². The molecule has 32 heavy (non-hydrogen) atoms. The molecule has 158 valence electrons. The molecule has 2 heterocycles. The highest BCUT2D eigenvalue weighted by Gasteiger charge is 2.13. The number of aromatic nitrogens is 1. The maximum atomic E-state index is 3.33. The van der Waals surface area contributed by atoms with E-state index < -0.39 is 0 Å². The fraction of sp³-hybridized carbons (Fsp3) is 0.167. The van der Waals surface area contributed by atoms with Crippen LogP contribution >= 0.6 is 0 Å². The molecular formula is C30H29N2+. The quantitative estimate of drug-likeness (QED) is 0.448. The van der Waals surface area contributed by atoms with Crippen LogP contribution in [-0.4, -0.2) is 0 Å². The number of pyridine rings is 1. The molecule has 0 atom stereocenters. The average molecular weight is 418 g/mol. The minimum absolute atomic E-state index is 1.14. The number of hydrogen-bond donors (Lipinski definition) is 1. The summed E-state index contributed by atoms with van der Waals surface area (Å²) in [6, 6.07) is 19.3. The molecule has 0 spiro atoms. The lowest BCUT2D eigenvalue weighted by atomic mass is 9.87. The van der Waals surface area contributed by atoms with Crippen LogP contribution in [0.15, 0.2) is 108 Å². The summed E-state index contributed by atoms with van der Waals surface area (Å²) in [5, 5.41) is 4.62. The molecule has 5 rings (SSSR count). The summed E-state index contributed by atoms with van der Waals surface area (Å²) < 4.78 is 2.18. The topological polar surface area (TPSA) is 15.9 Å². The first-order valence-corrected chi connectivity index (χ1v) is 11.4. The Morgan fingerprint density at radius 2 is 1.75 bits per heavy atom. The molecule has 0 saturated carbocycles. The van der Waals surface area contributed by atoms with Crippen LogP contribution in [0.1, 0.15) is 37.3 Å². The minimum atomic E-state index is 1.14. The first kappa shape index (κ1) is 20.3. The van der Waals surface area contributed by atoms with Crippen LogP contribution in [0, 0.1) is 0 Å². The van der Waals surface area contributed by atoms with E-state index >= 15 is 0 Å². The lowest BCUT2D eigenvalue weighted by Gasteiger charge is -2.19. The normalized spacial score (nSPS) is 18.6. The van der Waals surface area contributed by atoms with Gasteiger partial charge < -0.3 is 5.32 Å². The Balaban J connectivity index is 1.46. The summed E-state index contributed by atoms with van der Waals surface area (Å²) in [6.07, 6.45) is 19.0. The van der Waals surface area contributed by atoms with E-state index in [1.165, 1.54) is 56.4 Å². The molecule has 1 aromatic heterocycles. The average Bonchev–Trinajstić information content (AvgIpc) is 2.84. The Hall–Kier alpha value is -3.65. The third kappa shape index (κ3) is 3.97. The van der Waals surface area contributed by atoms with E-state index in [2.05, 4.69) is 115 Å². The number of allylic oxidation sites excluding steroid dienone is 8. The molecule has 0 amide bonds. The van der Waals surface area contributed by atoms with Crippen molar-refractivity contribution in [1.29, 1.82) is 0 Å². The van der Waals surface area contributed by atoms with Gasteiger partial charge in [-0.05, 0) is 72.3 Å². The smallest absolute Gasteiger partial charge is 0.212 e. The van der Waals surface area contributed by atoms with Gasteiger partial charge in [0.05, 0.1) is 5.39 Å². The van der Waals surface area contributed by atoms with Crippen LogP contribution in [0.4, 0.5) is 5.69 Å². The SMILES string of the molecule is CC1=C(C=Cc2cc[n+](C)c3ccccc23)CCCC1=CC=C1C=CNc2ccccc21. The summed E-state index contributed by atoms with van der Waals surface area (Å²) in [4.78, 5) is 0. The van der Waals surface area contributed by atoms with E-state index in [0.717, 1.165) is 12.8 Å². The molecule has 0 radical (unpaired) electrons. The summed E-state index contributed by atoms with van der Waals surface area (Å²) in [6.45, 7) is 2.28. The minimum Gasteiger partial charge on any atom is -0.361 e. The zero-order valence-electron chi connectivity index (χ0n) is 18.8. The van der Waals surface area contributed by atoms with Gasteiger partial charge in [0.15, 0.2) is 6.20 Å². The van der Waals surface area contributed by atoms with Crippen molar-refractivity contribution in [3.63, 3.8) is 0 Å². The highest BCUT2D eigenvalue weighted by molar-refractivity contribution is 5.87. The fourth-order valence-electron chi connectivity index (χ4n) is 4.70. The Morgan fingerprint density at radius 3 is 2.69 bits per heavy atom. The molecule has 2 heteroatoms. The van der Waals surface area contributed by atoms with Gasteiger partial charge in [0, 0.05) is 29.6 Å². The van der Waals surface area contributed by atoms with Crippen molar-refractivity contribution in [3.8, 4) is 0 Å². The van der Waals surface area contributed by atoms with E-state index in [-0.39, 0.29) is 0 Å². The van der Waals surface area contributed by atoms with E-state index in [4.69, 9.17) is 0 Å². The predicted molar refractivity (Wildman–Crippen MR) is 136 cm³/mol. The Labute approximate surface area is 190 Å². The van der Waals surface area contributed by atoms with E-state index in [1.807, 2.05) is 6.20 Å². The third-order valence-electron chi connectivity index (χ3n) is 6.60. The molecule has 0 saturated heterocycles. The van der Waals surface area contributed by atoms with Gasteiger partial charge in [0.25, 0.3) is 0 Å². The second-order valence-corrected chi connectivity index (χ2v) is 8.57. The van der Waals surface area contributed by atoms with E-state index in [9.17, 15) is 0 Å². The number of aryl methyl sites for hydroxylation is 1. The summed E-state index contributed by atoms with van der Waals surface area (Å²) >= 11 is 0. The number of benzene rings is 2. The highest BCUT2D eigenvalue weighted by atomic mass is 14.9. The molecule has 2 aliphatic rings. The zero-order valence-corrected chi connectivity index (χ0v) is 18.8. The van der Waals surface area contributed by atoms with E-state index in [1.54, 1.807) is 0 Å². The van der Waals surface area contributed by atoms with Gasteiger partial charge in [-0.25, -0.2) is 4.57 Å². The van der Waals surface area contributed by atoms with Crippen molar-refractivity contribution in [3.05, 3.63) is 119 Å². The van der Waals surface area contributed by atoms with Crippen LogP contribution in [0.25, 0.3) is 22.6 Å². The number of fused-ring (bicyclic) bond motifs is 2. The van der Waals surface area contributed by atoms with Crippen LogP contribution in [-0.2, 0) is 7.05 Å². The summed E-state index contributed by atoms with van der Waals surface area (Å²) in [5.41, 5.74) is 10.5. The van der Waals surface area contributed by atoms with Crippen molar-refractivity contribution < 1.29 is 4.57 Å². The van der Waals surface area contributed by atoms with Crippen molar-refractivity contribution in [1.82, 2.24) is 0 Å². The van der Waals surface area contributed by atoms with Gasteiger partial charge >= 0.3 is 0 Å². The summed E-state index contributed by atoms with van der Waals surface area (Å²) in [5.74, 6) is 0. The van der Waals surface area contributed by atoms with Crippen LogP contribution in [0.5, 0.6) is 0 Å². The second kappa shape index (κ2) is 8.84. The molecule has 0 fully saturated rings. The number of nitrogens with zero attached hydrogens (tertiary/aromatic N) is 1. The first-order chi connectivity index (χ1) is 15.7. The van der Waals surface area contributed by atoms with E-state index in [0.29, 0.717) is 0 Å². The van der Waals surface area contributed by atoms with Gasteiger partial charge in [-0.2, -0.15) is 0 Å². The largest absolute Gasteiger partial charge is 0.361 e. The Morgan fingerprint density at radius 1 is 0.906 bits per heavy atom. The van der Waals surface area contributed by atoms with Crippen LogP contribution < -0.4 is 9.88 Å². The van der Waals surface area contributed by atoms with Crippen LogP contribution in [0.3, 0.4) is 0 Å². The van der Waals surface area contributed by atoms with Crippen molar-refractivity contribution in [2.45, 2.75) is 26.2 Å². The van der Waals surface area contributed by atoms with Gasteiger partial charge in [0.1, 0.15) is 7.05 Å². The molecule has 2 nitrogen and oxygen atoms in total. The number of nitrogens with one attached hydrogen (secondary N) is 1. The molecule has 0 bridgehead atoms. The number of anilines is 1. The van der Waals surface area contributed by atoms with Crippen molar-refractivity contribution in [2.24, 2.45) is 7.05 Å². The highest BCUT2D eigenvalue weighted by Crippen LogP contribution is 2.33. The monoisotopic (exact) mass is 417 g/mol. The van der Waals surface area contributed by atoms with Gasteiger partial charge in [-0.3, -0.25) is 0 Å².